The monoisotopic (exact) mass is 296 g/mol. The average Bonchev–Trinajstić information content (AvgIpc) is 2.46. The second-order valence-electron chi connectivity index (χ2n) is 4.78. The van der Waals surface area contributed by atoms with Crippen LogP contribution in [0.25, 0.3) is 5.70 Å². The Balaban J connectivity index is 3.70. The van der Waals surface area contributed by atoms with Gasteiger partial charge in [0.1, 0.15) is 0 Å². The smallest absolute Gasteiger partial charge is 0.260 e. The van der Waals surface area contributed by atoms with Crippen molar-refractivity contribution >= 4 is 17.6 Å². The molecule has 0 aliphatic heterocycles. The van der Waals surface area contributed by atoms with Gasteiger partial charge in [-0.1, -0.05) is 37.5 Å². The molecule has 0 radical (unpaired) electrons. The third-order valence-electron chi connectivity index (χ3n) is 3.06. The summed E-state index contributed by atoms with van der Waals surface area (Å²) in [5.74, 6) is 0. The molecule has 0 N–H and O–H groups in total. The molecule has 0 unspecified atom stereocenters. The Morgan fingerprint density at radius 2 is 2.09 bits per heavy atom. The molecule has 4 heteroatoms. The number of allylic oxidation sites excluding steroid dienone is 5. The summed E-state index contributed by atoms with van der Waals surface area (Å²) < 4.78 is 0. The maximum Gasteiger partial charge on any atom is 0.270 e. The van der Waals surface area contributed by atoms with Crippen molar-refractivity contribution in [2.45, 2.75) is 20.8 Å². The topological polar surface area (TPSA) is 55.5 Å². The van der Waals surface area contributed by atoms with Crippen LogP contribution in [0.15, 0.2) is 65.7 Å². The molecule has 4 nitrogen and oxygen atoms in total. The highest BCUT2D eigenvalue weighted by molar-refractivity contribution is 5.81. The van der Waals surface area contributed by atoms with E-state index in [9.17, 15) is 10.1 Å². The van der Waals surface area contributed by atoms with Gasteiger partial charge in [-0.25, -0.2) is 0 Å². The van der Waals surface area contributed by atoms with E-state index in [0.29, 0.717) is 5.70 Å². The van der Waals surface area contributed by atoms with E-state index in [4.69, 9.17) is 0 Å². The van der Waals surface area contributed by atoms with E-state index in [1.807, 2.05) is 19.9 Å². The van der Waals surface area contributed by atoms with E-state index in [0.717, 1.165) is 22.3 Å². The van der Waals surface area contributed by atoms with Gasteiger partial charge in [-0.2, -0.15) is 0 Å². The Morgan fingerprint density at radius 3 is 2.59 bits per heavy atom. The summed E-state index contributed by atoms with van der Waals surface area (Å²) >= 11 is 0. The van der Waals surface area contributed by atoms with Crippen LogP contribution in [-0.4, -0.2) is 11.1 Å². The van der Waals surface area contributed by atoms with Gasteiger partial charge in [0.25, 0.3) is 5.69 Å². The standard InChI is InChI=1S/C18H20N2O2/c1-6-8-9-16(13(3)4)18(19-7-2)17-12-15(20(21)22)11-10-14(17)5/h6-12H,1,3H2,2,4-5H3/b9-8-,18-16-,19-7?. The second kappa shape index (κ2) is 7.88. The van der Waals surface area contributed by atoms with Crippen molar-refractivity contribution < 1.29 is 4.92 Å². The Morgan fingerprint density at radius 1 is 1.41 bits per heavy atom. The molecule has 0 saturated carbocycles. The van der Waals surface area contributed by atoms with Gasteiger partial charge in [0.05, 0.1) is 10.6 Å². The van der Waals surface area contributed by atoms with Crippen LogP contribution in [0.3, 0.4) is 0 Å². The first-order valence-electron chi connectivity index (χ1n) is 6.85. The molecule has 0 heterocycles. The molecule has 0 aromatic heterocycles. The van der Waals surface area contributed by atoms with Gasteiger partial charge in [-0.15, -0.1) is 0 Å². The fourth-order valence-electron chi connectivity index (χ4n) is 1.98. The first kappa shape index (κ1) is 17.3. The zero-order chi connectivity index (χ0) is 16.7. The van der Waals surface area contributed by atoms with Crippen LogP contribution in [0.5, 0.6) is 0 Å². The predicted molar refractivity (Wildman–Crippen MR) is 93.1 cm³/mol. The van der Waals surface area contributed by atoms with E-state index < -0.39 is 4.92 Å². The van der Waals surface area contributed by atoms with Gasteiger partial charge in [-0.3, -0.25) is 15.1 Å². The molecule has 1 aromatic carbocycles. The first-order chi connectivity index (χ1) is 10.4. The van der Waals surface area contributed by atoms with E-state index in [1.165, 1.54) is 6.07 Å². The summed E-state index contributed by atoms with van der Waals surface area (Å²) in [5, 5.41) is 11.0. The molecule has 0 bridgehead atoms. The number of hydrogen-bond donors (Lipinski definition) is 0. The van der Waals surface area contributed by atoms with Gasteiger partial charge >= 0.3 is 0 Å². The first-order valence-corrected chi connectivity index (χ1v) is 6.85. The van der Waals surface area contributed by atoms with Crippen molar-refractivity contribution in [3.8, 4) is 0 Å². The molecule has 1 aromatic rings. The summed E-state index contributed by atoms with van der Waals surface area (Å²) in [5.41, 5.74) is 3.98. The molecule has 0 amide bonds. The minimum Gasteiger partial charge on any atom is -0.260 e. The normalized spacial score (nSPS) is 12.5. The third-order valence-corrected chi connectivity index (χ3v) is 3.06. The molecule has 0 aliphatic carbocycles. The zero-order valence-corrected chi connectivity index (χ0v) is 13.2. The minimum atomic E-state index is -0.407. The number of nitro groups is 1. The SMILES string of the molecule is C=C/C=C\C(C(=C)C)=C(\N=CC)c1cc([N+](=O)[O-])ccc1C. The van der Waals surface area contributed by atoms with Crippen molar-refractivity contribution in [2.75, 3.05) is 0 Å². The lowest BCUT2D eigenvalue weighted by molar-refractivity contribution is -0.384. The van der Waals surface area contributed by atoms with E-state index in [2.05, 4.69) is 18.2 Å². The Hall–Kier alpha value is -2.75. The molecule has 1 rings (SSSR count). The third kappa shape index (κ3) is 4.12. The van der Waals surface area contributed by atoms with Crippen LogP contribution in [0.2, 0.25) is 0 Å². The molecule has 0 aliphatic rings. The van der Waals surface area contributed by atoms with Crippen molar-refractivity contribution in [2.24, 2.45) is 4.99 Å². The summed E-state index contributed by atoms with van der Waals surface area (Å²) in [4.78, 5) is 15.0. The highest BCUT2D eigenvalue weighted by atomic mass is 16.6. The van der Waals surface area contributed by atoms with Crippen LogP contribution in [0, 0.1) is 17.0 Å². The van der Waals surface area contributed by atoms with Crippen LogP contribution >= 0.6 is 0 Å². The number of nitro benzene ring substituents is 1. The largest absolute Gasteiger partial charge is 0.270 e. The number of nitrogens with zero attached hydrogens (tertiary/aromatic N) is 2. The molecule has 114 valence electrons. The second-order valence-corrected chi connectivity index (χ2v) is 4.78. The fraction of sp³-hybridized carbons (Fsp3) is 0.167. The molecule has 0 spiro atoms. The lowest BCUT2D eigenvalue weighted by Crippen LogP contribution is -1.96. The van der Waals surface area contributed by atoms with Gasteiger partial charge < -0.3 is 0 Å². The quantitative estimate of drug-likeness (QED) is 0.320. The Labute approximate surface area is 131 Å². The molecule has 22 heavy (non-hydrogen) atoms. The number of benzene rings is 1. The van der Waals surface area contributed by atoms with Crippen LogP contribution in [0.1, 0.15) is 25.0 Å². The molecular weight excluding hydrogens is 276 g/mol. The fourth-order valence-corrected chi connectivity index (χ4v) is 1.98. The molecular formula is C18H20N2O2. The molecule has 0 saturated heterocycles. The number of aliphatic imine (C=N–C) groups is 1. The zero-order valence-electron chi connectivity index (χ0n) is 13.2. The van der Waals surface area contributed by atoms with E-state index in [1.54, 1.807) is 37.4 Å². The number of aryl methyl sites for hydroxylation is 1. The maximum atomic E-state index is 11.0. The predicted octanol–water partition coefficient (Wildman–Crippen LogP) is 5.02. The van der Waals surface area contributed by atoms with E-state index >= 15 is 0 Å². The van der Waals surface area contributed by atoms with Crippen LogP contribution in [-0.2, 0) is 0 Å². The van der Waals surface area contributed by atoms with Crippen molar-refractivity contribution in [1.29, 1.82) is 0 Å². The van der Waals surface area contributed by atoms with Crippen molar-refractivity contribution in [1.82, 2.24) is 0 Å². The summed E-state index contributed by atoms with van der Waals surface area (Å²) in [6, 6.07) is 4.76. The van der Waals surface area contributed by atoms with Crippen molar-refractivity contribution in [3.05, 3.63) is 82.0 Å². The maximum absolute atomic E-state index is 11.0. The van der Waals surface area contributed by atoms with Gasteiger partial charge in [0, 0.05) is 29.5 Å². The lowest BCUT2D eigenvalue weighted by atomic mass is 9.97. The van der Waals surface area contributed by atoms with E-state index in [-0.39, 0.29) is 5.69 Å². The van der Waals surface area contributed by atoms with Gasteiger partial charge in [0.2, 0.25) is 0 Å². The Kier molecular flexibility index (Phi) is 6.20. The number of hydrogen-bond acceptors (Lipinski definition) is 3. The summed E-state index contributed by atoms with van der Waals surface area (Å²) in [6.07, 6.45) is 6.98. The van der Waals surface area contributed by atoms with Crippen LogP contribution in [0.4, 0.5) is 5.69 Å². The number of rotatable bonds is 6. The highest BCUT2D eigenvalue weighted by Crippen LogP contribution is 2.30. The van der Waals surface area contributed by atoms with Crippen molar-refractivity contribution in [3.63, 3.8) is 0 Å². The average molecular weight is 296 g/mol. The number of non-ortho nitro benzene ring substituents is 1. The summed E-state index contributed by atoms with van der Waals surface area (Å²) in [6.45, 7) is 13.2. The highest BCUT2D eigenvalue weighted by Gasteiger charge is 2.14. The van der Waals surface area contributed by atoms with Crippen LogP contribution < -0.4 is 0 Å². The Bertz CT molecular complexity index is 695. The lowest BCUT2D eigenvalue weighted by Gasteiger charge is -2.11. The molecule has 0 fully saturated rings. The summed E-state index contributed by atoms with van der Waals surface area (Å²) in [7, 11) is 0. The molecule has 0 atom stereocenters. The minimum absolute atomic E-state index is 0.0400. The van der Waals surface area contributed by atoms with Gasteiger partial charge in [0.15, 0.2) is 0 Å². The van der Waals surface area contributed by atoms with Gasteiger partial charge in [-0.05, 0) is 31.9 Å².